The van der Waals surface area contributed by atoms with Crippen molar-refractivity contribution in [3.8, 4) is 11.3 Å². The summed E-state index contributed by atoms with van der Waals surface area (Å²) in [5.41, 5.74) is 5.81. The number of nitrogens with one attached hydrogen (secondary N) is 1. The highest BCUT2D eigenvalue weighted by atomic mass is 16.1. The molecule has 0 aliphatic carbocycles. The fourth-order valence-corrected chi connectivity index (χ4v) is 3.76. The second-order valence-corrected chi connectivity index (χ2v) is 7.78. The summed E-state index contributed by atoms with van der Waals surface area (Å²) in [5.74, 6) is -0.210. The number of hydrogen-bond donors (Lipinski definition) is 1. The van der Waals surface area contributed by atoms with Gasteiger partial charge in [-0.15, -0.1) is 0 Å². The fraction of sp³-hybridized carbons (Fsp3) is 0.0741. The van der Waals surface area contributed by atoms with Crippen molar-refractivity contribution in [3.63, 3.8) is 0 Å². The minimum atomic E-state index is -0.210. The number of para-hydroxylation sites is 1. The molecule has 156 valence electrons. The third-order valence-corrected chi connectivity index (χ3v) is 5.40. The Morgan fingerprint density at radius 1 is 0.906 bits per heavy atom. The smallest absolute Gasteiger partial charge is 0.259 e. The van der Waals surface area contributed by atoms with Crippen LogP contribution in [0.15, 0.2) is 97.3 Å². The lowest BCUT2D eigenvalue weighted by Crippen LogP contribution is -2.13. The van der Waals surface area contributed by atoms with Gasteiger partial charge in [0.05, 0.1) is 23.3 Å². The van der Waals surface area contributed by atoms with Crippen molar-refractivity contribution in [2.24, 2.45) is 0 Å². The predicted molar refractivity (Wildman–Crippen MR) is 128 cm³/mol. The van der Waals surface area contributed by atoms with Crippen LogP contribution in [0.5, 0.6) is 0 Å². The monoisotopic (exact) mass is 418 g/mol. The molecule has 0 aliphatic heterocycles. The predicted octanol–water partition coefficient (Wildman–Crippen LogP) is 5.71. The summed E-state index contributed by atoms with van der Waals surface area (Å²) in [4.78, 5) is 17.8. The molecule has 2 heterocycles. The summed E-state index contributed by atoms with van der Waals surface area (Å²) in [6.45, 7) is 2.63. The molecule has 0 unspecified atom stereocenters. The first kappa shape index (κ1) is 19.7. The van der Waals surface area contributed by atoms with Gasteiger partial charge in [0.25, 0.3) is 5.91 Å². The van der Waals surface area contributed by atoms with Crippen LogP contribution in [0.1, 0.15) is 21.5 Å². The van der Waals surface area contributed by atoms with E-state index in [9.17, 15) is 4.79 Å². The molecule has 1 amide bonds. The van der Waals surface area contributed by atoms with E-state index in [1.165, 1.54) is 0 Å². The Morgan fingerprint density at radius 2 is 1.69 bits per heavy atom. The Labute approximate surface area is 186 Å². The van der Waals surface area contributed by atoms with E-state index in [2.05, 4.69) is 22.4 Å². The number of rotatable bonds is 5. The van der Waals surface area contributed by atoms with Crippen molar-refractivity contribution in [1.82, 2.24) is 14.8 Å². The molecule has 5 aromatic rings. The first-order valence-electron chi connectivity index (χ1n) is 10.5. The first-order valence-corrected chi connectivity index (χ1v) is 10.5. The second-order valence-electron chi connectivity index (χ2n) is 7.78. The average Bonchev–Trinajstić information content (AvgIpc) is 3.24. The van der Waals surface area contributed by atoms with Crippen LogP contribution in [0.3, 0.4) is 0 Å². The normalized spacial score (nSPS) is 10.9. The molecular formula is C27H22N4O. The summed E-state index contributed by atoms with van der Waals surface area (Å²) in [6, 6.07) is 27.8. The van der Waals surface area contributed by atoms with Crippen molar-refractivity contribution in [1.29, 1.82) is 0 Å². The summed E-state index contributed by atoms with van der Waals surface area (Å²) in [6.07, 6.45) is 3.55. The Bertz CT molecular complexity index is 1380. The Balaban J connectivity index is 1.53. The molecule has 5 nitrogen and oxygen atoms in total. The summed E-state index contributed by atoms with van der Waals surface area (Å²) in [7, 11) is 0. The molecule has 5 heteroatoms. The highest BCUT2D eigenvalue weighted by Gasteiger charge is 2.19. The quantitative estimate of drug-likeness (QED) is 0.398. The molecular weight excluding hydrogens is 396 g/mol. The maximum Gasteiger partial charge on any atom is 0.259 e. The number of aromatic nitrogens is 3. The van der Waals surface area contributed by atoms with E-state index in [1.54, 1.807) is 6.20 Å². The van der Waals surface area contributed by atoms with E-state index < -0.39 is 0 Å². The number of aryl methyl sites for hydroxylation is 1. The zero-order valence-corrected chi connectivity index (χ0v) is 17.7. The van der Waals surface area contributed by atoms with Gasteiger partial charge < -0.3 is 5.32 Å². The van der Waals surface area contributed by atoms with E-state index in [4.69, 9.17) is 5.10 Å². The van der Waals surface area contributed by atoms with Gasteiger partial charge in [0, 0.05) is 23.3 Å². The summed E-state index contributed by atoms with van der Waals surface area (Å²) < 4.78 is 1.82. The molecule has 0 bridgehead atoms. The molecule has 0 saturated carbocycles. The zero-order valence-electron chi connectivity index (χ0n) is 17.7. The van der Waals surface area contributed by atoms with Crippen molar-refractivity contribution in [2.45, 2.75) is 13.5 Å². The Morgan fingerprint density at radius 3 is 2.50 bits per heavy atom. The highest BCUT2D eigenvalue weighted by molar-refractivity contribution is 6.11. The van der Waals surface area contributed by atoms with Crippen LogP contribution in [-0.4, -0.2) is 20.7 Å². The number of carbonyl (C=O) groups is 1. The number of pyridine rings is 1. The minimum Gasteiger partial charge on any atom is -0.320 e. The van der Waals surface area contributed by atoms with Crippen molar-refractivity contribution >= 4 is 22.5 Å². The lowest BCUT2D eigenvalue weighted by molar-refractivity contribution is 0.102. The van der Waals surface area contributed by atoms with E-state index >= 15 is 0 Å². The summed E-state index contributed by atoms with van der Waals surface area (Å²) >= 11 is 0. The van der Waals surface area contributed by atoms with Gasteiger partial charge in [0.1, 0.15) is 5.69 Å². The molecule has 0 fully saturated rings. The van der Waals surface area contributed by atoms with Gasteiger partial charge >= 0.3 is 0 Å². The zero-order chi connectivity index (χ0) is 21.9. The lowest BCUT2D eigenvalue weighted by atomic mass is 10.1. The standard InChI is InChI=1S/C27H22N4O/c1-19-12-14-22(15-13-19)25-23(18-31(30-25)17-20-7-3-2-4-8-20)27(32)29-24-11-5-9-21-10-6-16-28-26(21)24/h2-16,18H,17H2,1H3,(H,29,32). The second kappa shape index (κ2) is 8.47. The molecule has 0 aliphatic rings. The average molecular weight is 419 g/mol. The molecule has 32 heavy (non-hydrogen) atoms. The third kappa shape index (κ3) is 4.01. The van der Waals surface area contributed by atoms with Crippen LogP contribution in [0.2, 0.25) is 0 Å². The molecule has 1 N–H and O–H groups in total. The van der Waals surface area contributed by atoms with Crippen LogP contribution in [0, 0.1) is 6.92 Å². The SMILES string of the molecule is Cc1ccc(-c2nn(Cc3ccccc3)cc2C(=O)Nc2cccc3cccnc23)cc1. The van der Waals surface area contributed by atoms with Gasteiger partial charge in [-0.05, 0) is 24.6 Å². The van der Waals surface area contributed by atoms with Crippen LogP contribution < -0.4 is 5.32 Å². The van der Waals surface area contributed by atoms with Crippen LogP contribution in [0.25, 0.3) is 22.2 Å². The van der Waals surface area contributed by atoms with E-state index in [1.807, 2.05) is 90.6 Å². The number of carbonyl (C=O) groups excluding carboxylic acids is 1. The van der Waals surface area contributed by atoms with Gasteiger partial charge in [-0.1, -0.05) is 78.4 Å². The lowest BCUT2D eigenvalue weighted by Gasteiger charge is -2.08. The topological polar surface area (TPSA) is 59.8 Å². The minimum absolute atomic E-state index is 0.210. The van der Waals surface area contributed by atoms with Crippen LogP contribution in [0.4, 0.5) is 5.69 Å². The molecule has 3 aromatic carbocycles. The van der Waals surface area contributed by atoms with Crippen molar-refractivity contribution in [2.75, 3.05) is 5.32 Å². The fourth-order valence-electron chi connectivity index (χ4n) is 3.76. The Hall–Kier alpha value is -4.25. The molecule has 0 spiro atoms. The van der Waals surface area contributed by atoms with Gasteiger partial charge in [-0.3, -0.25) is 14.5 Å². The maximum atomic E-state index is 13.4. The first-order chi connectivity index (χ1) is 15.7. The molecule has 2 aromatic heterocycles. The number of benzene rings is 3. The molecule has 0 saturated heterocycles. The van der Waals surface area contributed by atoms with Gasteiger partial charge in [0.2, 0.25) is 0 Å². The van der Waals surface area contributed by atoms with Crippen LogP contribution in [-0.2, 0) is 6.54 Å². The van der Waals surface area contributed by atoms with Gasteiger partial charge in [-0.2, -0.15) is 5.10 Å². The number of fused-ring (bicyclic) bond motifs is 1. The number of nitrogens with zero attached hydrogens (tertiary/aromatic N) is 3. The molecule has 0 atom stereocenters. The van der Waals surface area contributed by atoms with E-state index in [0.29, 0.717) is 23.5 Å². The number of hydrogen-bond acceptors (Lipinski definition) is 3. The molecule has 5 rings (SSSR count). The third-order valence-electron chi connectivity index (χ3n) is 5.40. The van der Waals surface area contributed by atoms with Crippen molar-refractivity contribution in [3.05, 3.63) is 114 Å². The van der Waals surface area contributed by atoms with Crippen molar-refractivity contribution < 1.29 is 4.79 Å². The molecule has 0 radical (unpaired) electrons. The largest absolute Gasteiger partial charge is 0.320 e. The number of anilines is 1. The number of amides is 1. The highest BCUT2D eigenvalue weighted by Crippen LogP contribution is 2.26. The van der Waals surface area contributed by atoms with Gasteiger partial charge in [-0.25, -0.2) is 0 Å². The maximum absolute atomic E-state index is 13.4. The Kier molecular flexibility index (Phi) is 5.22. The van der Waals surface area contributed by atoms with Gasteiger partial charge in [0.15, 0.2) is 0 Å². The van der Waals surface area contributed by atoms with E-state index in [0.717, 1.165) is 27.6 Å². The van der Waals surface area contributed by atoms with E-state index in [-0.39, 0.29) is 5.91 Å². The summed E-state index contributed by atoms with van der Waals surface area (Å²) in [5, 5.41) is 8.79. The van der Waals surface area contributed by atoms with Crippen LogP contribution >= 0.6 is 0 Å².